The monoisotopic (exact) mass is 274 g/mol. The maximum atomic E-state index is 11.5. The number of amides is 2. The smallest absolute Gasteiger partial charge is 0.315 e. The van der Waals surface area contributed by atoms with Gasteiger partial charge in [0.2, 0.25) is 11.8 Å². The fourth-order valence-corrected chi connectivity index (χ4v) is 1.14. The third-order valence-electron chi connectivity index (χ3n) is 2.32. The van der Waals surface area contributed by atoms with Crippen LogP contribution < -0.4 is 0 Å². The molecular weight excluding hydrogens is 256 g/mol. The Morgan fingerprint density at radius 2 is 1.11 bits per heavy atom. The van der Waals surface area contributed by atoms with E-state index in [0.29, 0.717) is 0 Å². The van der Waals surface area contributed by atoms with Gasteiger partial charge in [-0.2, -0.15) is 0 Å². The Labute approximate surface area is 111 Å². The van der Waals surface area contributed by atoms with Crippen LogP contribution in [0.5, 0.6) is 0 Å². The van der Waals surface area contributed by atoms with Gasteiger partial charge in [0.25, 0.3) is 0 Å². The van der Waals surface area contributed by atoms with Crippen molar-refractivity contribution in [1.82, 2.24) is 9.80 Å². The van der Waals surface area contributed by atoms with Crippen LogP contribution in [0.3, 0.4) is 0 Å². The SMILES string of the molecule is COC(=O)CC(=O)N(C)CN(C)C(=O)CC(=O)OC. The maximum Gasteiger partial charge on any atom is 0.315 e. The van der Waals surface area contributed by atoms with Crippen molar-refractivity contribution in [3.05, 3.63) is 0 Å². The second-order valence-corrected chi connectivity index (χ2v) is 3.83. The lowest BCUT2D eigenvalue weighted by molar-refractivity contribution is -0.148. The summed E-state index contributed by atoms with van der Waals surface area (Å²) < 4.78 is 8.72. The highest BCUT2D eigenvalue weighted by Gasteiger charge is 2.19. The molecule has 0 spiro atoms. The predicted octanol–water partition coefficient (Wildman–Crippen LogP) is -1.01. The highest BCUT2D eigenvalue weighted by Crippen LogP contribution is 1.98. The first-order valence-corrected chi connectivity index (χ1v) is 5.43. The quantitative estimate of drug-likeness (QED) is 0.350. The summed E-state index contributed by atoms with van der Waals surface area (Å²) in [6.45, 7) is -0.0361. The molecule has 0 bridgehead atoms. The van der Waals surface area contributed by atoms with Crippen LogP contribution in [0.4, 0.5) is 0 Å². The number of rotatable bonds is 6. The Kier molecular flexibility index (Phi) is 7.16. The lowest BCUT2D eigenvalue weighted by Crippen LogP contribution is -2.41. The predicted molar refractivity (Wildman–Crippen MR) is 63.7 cm³/mol. The molecule has 0 aliphatic rings. The van der Waals surface area contributed by atoms with Crippen molar-refractivity contribution in [2.75, 3.05) is 35.0 Å². The Bertz CT molecular complexity index is 334. The van der Waals surface area contributed by atoms with Crippen LogP contribution in [-0.2, 0) is 28.7 Å². The number of ether oxygens (including phenoxy) is 2. The summed E-state index contributed by atoms with van der Waals surface area (Å²) in [4.78, 5) is 47.3. The molecule has 0 aliphatic carbocycles. The average Bonchev–Trinajstić information content (AvgIpc) is 2.37. The van der Waals surface area contributed by atoms with Gasteiger partial charge in [-0.25, -0.2) is 0 Å². The zero-order valence-electron chi connectivity index (χ0n) is 11.5. The number of methoxy groups -OCH3 is 2. The van der Waals surface area contributed by atoms with Crippen molar-refractivity contribution >= 4 is 23.8 Å². The van der Waals surface area contributed by atoms with Crippen LogP contribution in [0.25, 0.3) is 0 Å². The van der Waals surface area contributed by atoms with Gasteiger partial charge in [-0.05, 0) is 0 Å². The molecule has 8 nitrogen and oxygen atoms in total. The van der Waals surface area contributed by atoms with Gasteiger partial charge < -0.3 is 19.3 Å². The van der Waals surface area contributed by atoms with Crippen LogP contribution in [0, 0.1) is 0 Å². The summed E-state index contributed by atoms with van der Waals surface area (Å²) in [5.74, 6) is -2.27. The maximum absolute atomic E-state index is 11.5. The molecule has 0 saturated heterocycles. The van der Waals surface area contributed by atoms with E-state index in [0.717, 1.165) is 0 Å². The van der Waals surface area contributed by atoms with Gasteiger partial charge in [0.1, 0.15) is 12.8 Å². The van der Waals surface area contributed by atoms with E-state index in [1.807, 2.05) is 0 Å². The number of esters is 2. The van der Waals surface area contributed by atoms with Crippen LogP contribution in [0.1, 0.15) is 12.8 Å². The first-order valence-electron chi connectivity index (χ1n) is 5.43. The van der Waals surface area contributed by atoms with E-state index in [9.17, 15) is 19.2 Å². The summed E-state index contributed by atoms with van der Waals surface area (Å²) in [5, 5.41) is 0. The average molecular weight is 274 g/mol. The van der Waals surface area contributed by atoms with Crippen molar-refractivity contribution in [2.24, 2.45) is 0 Å². The Morgan fingerprint density at radius 1 is 0.789 bits per heavy atom. The van der Waals surface area contributed by atoms with E-state index in [2.05, 4.69) is 9.47 Å². The summed E-state index contributed by atoms with van der Waals surface area (Å²) in [6.07, 6.45) is -0.794. The largest absolute Gasteiger partial charge is 0.469 e. The molecule has 0 aromatic heterocycles. The number of hydrogen-bond acceptors (Lipinski definition) is 6. The van der Waals surface area contributed by atoms with Gasteiger partial charge >= 0.3 is 11.9 Å². The summed E-state index contributed by atoms with van der Waals surface area (Å²) in [6, 6.07) is 0. The number of carbonyl (C=O) groups is 4. The molecule has 0 unspecified atom stereocenters. The lowest BCUT2D eigenvalue weighted by Gasteiger charge is -2.24. The number of hydrogen-bond donors (Lipinski definition) is 0. The Balaban J connectivity index is 4.27. The van der Waals surface area contributed by atoms with Crippen molar-refractivity contribution in [3.63, 3.8) is 0 Å². The minimum absolute atomic E-state index is 0.0361. The molecule has 0 radical (unpaired) electrons. The number of carbonyl (C=O) groups excluding carboxylic acids is 4. The second-order valence-electron chi connectivity index (χ2n) is 3.83. The van der Waals surface area contributed by atoms with Crippen LogP contribution in [0.2, 0.25) is 0 Å². The van der Waals surface area contributed by atoms with Crippen LogP contribution in [-0.4, -0.2) is 68.5 Å². The molecule has 0 aliphatic heterocycles. The van der Waals surface area contributed by atoms with Gasteiger partial charge in [0.05, 0.1) is 20.9 Å². The fourth-order valence-electron chi connectivity index (χ4n) is 1.14. The highest BCUT2D eigenvalue weighted by molar-refractivity contribution is 5.95. The van der Waals surface area contributed by atoms with Gasteiger partial charge in [-0.1, -0.05) is 0 Å². The van der Waals surface area contributed by atoms with Crippen molar-refractivity contribution in [1.29, 1.82) is 0 Å². The van der Waals surface area contributed by atoms with E-state index >= 15 is 0 Å². The van der Waals surface area contributed by atoms with Crippen molar-refractivity contribution in [2.45, 2.75) is 12.8 Å². The van der Waals surface area contributed by atoms with Gasteiger partial charge in [-0.3, -0.25) is 19.2 Å². The zero-order chi connectivity index (χ0) is 15.0. The van der Waals surface area contributed by atoms with E-state index in [1.54, 1.807) is 0 Å². The molecule has 2 amide bonds. The Hall–Kier alpha value is -2.12. The van der Waals surface area contributed by atoms with E-state index in [1.165, 1.54) is 38.1 Å². The van der Waals surface area contributed by atoms with Gasteiger partial charge in [0.15, 0.2) is 0 Å². The molecule has 0 heterocycles. The molecule has 0 rings (SSSR count). The summed E-state index contributed by atoms with van der Waals surface area (Å²) >= 11 is 0. The highest BCUT2D eigenvalue weighted by atomic mass is 16.5. The first-order chi connectivity index (χ1) is 8.81. The minimum Gasteiger partial charge on any atom is -0.469 e. The summed E-state index contributed by atoms with van der Waals surface area (Å²) in [5.41, 5.74) is 0. The number of nitrogens with zero attached hydrogens (tertiary/aromatic N) is 2. The van der Waals surface area contributed by atoms with E-state index in [-0.39, 0.29) is 6.67 Å². The standard InChI is InChI=1S/C11H18N2O6/c1-12(8(14)5-10(16)18-3)7-13(2)9(15)6-11(17)19-4/h5-7H2,1-4H3. The molecule has 108 valence electrons. The van der Waals surface area contributed by atoms with Gasteiger partial charge in [-0.15, -0.1) is 0 Å². The van der Waals surface area contributed by atoms with Crippen LogP contribution >= 0.6 is 0 Å². The van der Waals surface area contributed by atoms with E-state index < -0.39 is 36.6 Å². The second kappa shape index (κ2) is 8.06. The topological polar surface area (TPSA) is 93.2 Å². The van der Waals surface area contributed by atoms with Crippen LogP contribution in [0.15, 0.2) is 0 Å². The molecule has 0 aromatic carbocycles. The first kappa shape index (κ1) is 16.9. The zero-order valence-corrected chi connectivity index (χ0v) is 11.5. The minimum atomic E-state index is -0.652. The normalized spacial score (nSPS) is 9.47. The van der Waals surface area contributed by atoms with Crippen molar-refractivity contribution in [3.8, 4) is 0 Å². The van der Waals surface area contributed by atoms with Gasteiger partial charge in [0, 0.05) is 14.1 Å². The lowest BCUT2D eigenvalue weighted by atomic mass is 10.3. The molecule has 19 heavy (non-hydrogen) atoms. The van der Waals surface area contributed by atoms with E-state index in [4.69, 9.17) is 0 Å². The molecule has 0 atom stereocenters. The fraction of sp³-hybridized carbons (Fsp3) is 0.636. The molecule has 0 saturated carbocycles. The molecular formula is C11H18N2O6. The Morgan fingerprint density at radius 3 is 1.37 bits per heavy atom. The molecule has 8 heteroatoms. The summed E-state index contributed by atoms with van der Waals surface area (Å²) in [7, 11) is 5.24. The molecule has 0 N–H and O–H groups in total. The van der Waals surface area contributed by atoms with Crippen molar-refractivity contribution < 1.29 is 28.7 Å². The third-order valence-corrected chi connectivity index (χ3v) is 2.32. The molecule has 0 aromatic rings. The molecule has 0 fully saturated rings. The third kappa shape index (κ3) is 6.39.